The fraction of sp³-hybridized carbons (Fsp3) is 0.333. The topological polar surface area (TPSA) is 70.7 Å². The molecule has 2 aromatic carbocycles. The zero-order valence-electron chi connectivity index (χ0n) is 17.8. The fourth-order valence-corrected chi connectivity index (χ4v) is 3.63. The van der Waals surface area contributed by atoms with Crippen LogP contribution in [0.2, 0.25) is 0 Å². The number of hydrogen-bond donors (Lipinski definition) is 2. The van der Waals surface area contributed by atoms with Crippen LogP contribution in [-0.2, 0) is 16.1 Å². The molecule has 158 valence electrons. The van der Waals surface area contributed by atoms with Crippen LogP contribution in [-0.4, -0.2) is 25.7 Å². The summed E-state index contributed by atoms with van der Waals surface area (Å²) < 4.78 is 5.28. The van der Waals surface area contributed by atoms with Crippen LogP contribution in [0, 0.1) is 0 Å². The number of ether oxygens (including phenoxy) is 1. The second-order valence-electron chi connectivity index (χ2n) is 7.33. The molecule has 6 nitrogen and oxygen atoms in total. The number of nitrogens with one attached hydrogen (secondary N) is 2. The molecule has 1 aliphatic heterocycles. The summed E-state index contributed by atoms with van der Waals surface area (Å²) in [6.45, 7) is 4.86. The van der Waals surface area contributed by atoms with Crippen LogP contribution < -0.4 is 15.5 Å². The van der Waals surface area contributed by atoms with Gasteiger partial charge in [-0.1, -0.05) is 55.8 Å². The highest BCUT2D eigenvalue weighted by Crippen LogP contribution is 2.30. The number of allylic oxidation sites excluding steroid dienone is 1. The van der Waals surface area contributed by atoms with Gasteiger partial charge in [0.25, 0.3) is 0 Å². The number of amides is 2. The molecular formula is C24H29N3O3. The van der Waals surface area contributed by atoms with Crippen LogP contribution in [0.4, 0.5) is 10.5 Å². The number of rotatable bonds is 8. The quantitative estimate of drug-likeness (QED) is 0.641. The zero-order valence-corrected chi connectivity index (χ0v) is 17.8. The van der Waals surface area contributed by atoms with Crippen molar-refractivity contribution in [1.29, 1.82) is 0 Å². The van der Waals surface area contributed by atoms with Gasteiger partial charge in [0, 0.05) is 25.0 Å². The Bertz CT molecular complexity index is 907. The van der Waals surface area contributed by atoms with Gasteiger partial charge in [-0.05, 0) is 36.6 Å². The first-order valence-electron chi connectivity index (χ1n) is 10.4. The van der Waals surface area contributed by atoms with Crippen molar-refractivity contribution >= 4 is 17.7 Å². The lowest BCUT2D eigenvalue weighted by molar-refractivity contribution is -0.139. The van der Waals surface area contributed by atoms with E-state index >= 15 is 0 Å². The predicted molar refractivity (Wildman–Crippen MR) is 118 cm³/mol. The summed E-state index contributed by atoms with van der Waals surface area (Å²) in [7, 11) is 2.04. The Morgan fingerprint density at radius 2 is 1.77 bits per heavy atom. The van der Waals surface area contributed by atoms with Crippen LogP contribution in [0.5, 0.6) is 0 Å². The average Bonchev–Trinajstić information content (AvgIpc) is 2.74. The van der Waals surface area contributed by atoms with E-state index in [0.29, 0.717) is 17.7 Å². The Morgan fingerprint density at radius 3 is 2.40 bits per heavy atom. The van der Waals surface area contributed by atoms with Crippen molar-refractivity contribution in [2.45, 2.75) is 39.3 Å². The van der Waals surface area contributed by atoms with Crippen molar-refractivity contribution in [3.63, 3.8) is 0 Å². The van der Waals surface area contributed by atoms with Gasteiger partial charge in [0.1, 0.15) is 0 Å². The summed E-state index contributed by atoms with van der Waals surface area (Å²) in [5.41, 5.74) is 4.24. The van der Waals surface area contributed by atoms with Crippen molar-refractivity contribution in [2.75, 3.05) is 18.6 Å². The van der Waals surface area contributed by atoms with Crippen LogP contribution in [0.15, 0.2) is 65.9 Å². The Hall–Kier alpha value is -3.28. The monoisotopic (exact) mass is 407 g/mol. The molecule has 2 amide bonds. The molecule has 6 heteroatoms. The molecule has 1 unspecified atom stereocenters. The first kappa shape index (κ1) is 21.4. The van der Waals surface area contributed by atoms with E-state index in [0.717, 1.165) is 24.2 Å². The van der Waals surface area contributed by atoms with E-state index in [1.54, 1.807) is 6.92 Å². The number of esters is 1. The summed E-state index contributed by atoms with van der Waals surface area (Å²) in [6, 6.07) is 17.4. The second kappa shape index (κ2) is 9.96. The van der Waals surface area contributed by atoms with E-state index in [1.807, 2.05) is 56.4 Å². The van der Waals surface area contributed by atoms with Crippen molar-refractivity contribution in [3.8, 4) is 0 Å². The maximum Gasteiger partial charge on any atom is 0.338 e. The van der Waals surface area contributed by atoms with E-state index in [2.05, 4.69) is 27.7 Å². The highest BCUT2D eigenvalue weighted by Gasteiger charge is 2.33. The van der Waals surface area contributed by atoms with E-state index in [-0.39, 0.29) is 12.6 Å². The normalized spacial score (nSPS) is 16.0. The van der Waals surface area contributed by atoms with Gasteiger partial charge in [0.15, 0.2) is 0 Å². The number of benzene rings is 2. The highest BCUT2D eigenvalue weighted by atomic mass is 16.5. The smallest absolute Gasteiger partial charge is 0.338 e. The number of carbonyl (C=O) groups is 2. The standard InChI is InChI=1S/C24H29N3O3/c1-4-9-20-21(23(28)30-5-2)22(26-24(29)25-20)18-12-14-19(15-13-18)27(3)16-17-10-7-6-8-11-17/h6-8,10-15,22H,4-5,9,16H2,1-3H3,(H2,25,26,29). The molecule has 30 heavy (non-hydrogen) atoms. The molecule has 1 atom stereocenters. The molecule has 1 aliphatic rings. The average molecular weight is 408 g/mol. The minimum absolute atomic E-state index is 0.283. The van der Waals surface area contributed by atoms with Gasteiger partial charge in [-0.25, -0.2) is 9.59 Å². The molecular weight excluding hydrogens is 378 g/mol. The molecule has 2 aromatic rings. The first-order valence-corrected chi connectivity index (χ1v) is 10.4. The molecule has 0 aromatic heterocycles. The third kappa shape index (κ3) is 5.00. The maximum atomic E-state index is 12.7. The van der Waals surface area contributed by atoms with E-state index in [1.165, 1.54) is 5.56 Å². The molecule has 0 fully saturated rings. The second-order valence-corrected chi connectivity index (χ2v) is 7.33. The van der Waals surface area contributed by atoms with Gasteiger partial charge in [0.2, 0.25) is 0 Å². The number of carbonyl (C=O) groups excluding carboxylic acids is 2. The Morgan fingerprint density at radius 1 is 1.07 bits per heavy atom. The third-order valence-electron chi connectivity index (χ3n) is 5.08. The lowest BCUT2D eigenvalue weighted by atomic mass is 9.93. The molecule has 0 saturated carbocycles. The van der Waals surface area contributed by atoms with Crippen LogP contribution in [0.25, 0.3) is 0 Å². The van der Waals surface area contributed by atoms with Crippen molar-refractivity contribution in [3.05, 3.63) is 77.0 Å². The van der Waals surface area contributed by atoms with Crippen LogP contribution in [0.3, 0.4) is 0 Å². The Labute approximate surface area is 177 Å². The highest BCUT2D eigenvalue weighted by molar-refractivity contribution is 5.95. The first-order chi connectivity index (χ1) is 14.5. The number of anilines is 1. The van der Waals surface area contributed by atoms with Gasteiger partial charge >= 0.3 is 12.0 Å². The van der Waals surface area contributed by atoms with Gasteiger partial charge in [-0.2, -0.15) is 0 Å². The minimum atomic E-state index is -0.534. The summed E-state index contributed by atoms with van der Waals surface area (Å²) in [5, 5.41) is 5.66. The molecule has 2 N–H and O–H groups in total. The van der Waals surface area contributed by atoms with Gasteiger partial charge < -0.3 is 20.3 Å². The van der Waals surface area contributed by atoms with E-state index < -0.39 is 12.0 Å². The fourth-order valence-electron chi connectivity index (χ4n) is 3.63. The van der Waals surface area contributed by atoms with Crippen molar-refractivity contribution in [2.24, 2.45) is 0 Å². The Kier molecular flexibility index (Phi) is 7.12. The zero-order chi connectivity index (χ0) is 21.5. The van der Waals surface area contributed by atoms with Gasteiger partial charge in [-0.15, -0.1) is 0 Å². The maximum absolute atomic E-state index is 12.7. The lowest BCUT2D eigenvalue weighted by Gasteiger charge is -2.29. The van der Waals surface area contributed by atoms with Crippen molar-refractivity contribution in [1.82, 2.24) is 10.6 Å². The molecule has 3 rings (SSSR count). The molecule has 0 saturated heterocycles. The van der Waals surface area contributed by atoms with Crippen LogP contribution >= 0.6 is 0 Å². The Balaban J connectivity index is 1.86. The van der Waals surface area contributed by atoms with E-state index in [9.17, 15) is 9.59 Å². The van der Waals surface area contributed by atoms with Gasteiger partial charge in [-0.3, -0.25) is 0 Å². The minimum Gasteiger partial charge on any atom is -0.463 e. The number of nitrogens with zero attached hydrogens (tertiary/aromatic N) is 1. The SMILES string of the molecule is CCCC1=C(C(=O)OCC)C(c2ccc(N(C)Cc3ccccc3)cc2)NC(=O)N1. The lowest BCUT2D eigenvalue weighted by Crippen LogP contribution is -2.46. The molecule has 0 aliphatic carbocycles. The number of urea groups is 1. The molecule has 1 heterocycles. The van der Waals surface area contributed by atoms with Crippen molar-refractivity contribution < 1.29 is 14.3 Å². The summed E-state index contributed by atoms with van der Waals surface area (Å²) in [4.78, 5) is 27.0. The largest absolute Gasteiger partial charge is 0.463 e. The molecule has 0 radical (unpaired) electrons. The van der Waals surface area contributed by atoms with E-state index in [4.69, 9.17) is 4.74 Å². The molecule has 0 bridgehead atoms. The predicted octanol–water partition coefficient (Wildman–Crippen LogP) is 4.29. The molecule has 0 spiro atoms. The third-order valence-corrected chi connectivity index (χ3v) is 5.08. The summed E-state index contributed by atoms with van der Waals surface area (Å²) in [6.07, 6.45) is 1.42. The summed E-state index contributed by atoms with van der Waals surface area (Å²) >= 11 is 0. The number of hydrogen-bond acceptors (Lipinski definition) is 4. The summed E-state index contributed by atoms with van der Waals surface area (Å²) in [5.74, 6) is -0.399. The van der Waals surface area contributed by atoms with Crippen LogP contribution in [0.1, 0.15) is 43.9 Å². The van der Waals surface area contributed by atoms with Gasteiger partial charge in [0.05, 0.1) is 18.2 Å².